The van der Waals surface area contributed by atoms with Crippen LogP contribution in [-0.4, -0.2) is 42.0 Å². The molecule has 6 nitrogen and oxygen atoms in total. The highest BCUT2D eigenvalue weighted by molar-refractivity contribution is 6.31. The Kier molecular flexibility index (Phi) is 8.14. The van der Waals surface area contributed by atoms with Crippen LogP contribution in [0.4, 0.5) is 4.39 Å². The monoisotopic (exact) mass is 471 g/mol. The molecular weight excluding hydrogens is 449 g/mol. The second-order valence-corrected chi connectivity index (χ2v) is 7.68. The van der Waals surface area contributed by atoms with Crippen LogP contribution in [0.25, 0.3) is 11.3 Å². The van der Waals surface area contributed by atoms with E-state index in [1.807, 2.05) is 0 Å². The van der Waals surface area contributed by atoms with Gasteiger partial charge in [0, 0.05) is 24.0 Å². The van der Waals surface area contributed by atoms with Crippen molar-refractivity contribution in [2.75, 3.05) is 20.3 Å². The summed E-state index contributed by atoms with van der Waals surface area (Å²) in [4.78, 5) is 29.7. The Morgan fingerprint density at radius 2 is 1.76 bits per heavy atom. The predicted molar refractivity (Wildman–Crippen MR) is 123 cm³/mol. The number of aromatic nitrogens is 1. The molecule has 0 fully saturated rings. The van der Waals surface area contributed by atoms with Crippen molar-refractivity contribution >= 4 is 23.2 Å². The molecule has 1 aromatic heterocycles. The Morgan fingerprint density at radius 1 is 1.03 bits per heavy atom. The van der Waals surface area contributed by atoms with E-state index in [1.165, 1.54) is 31.4 Å². The van der Waals surface area contributed by atoms with Crippen molar-refractivity contribution in [1.82, 2.24) is 4.98 Å². The van der Waals surface area contributed by atoms with Crippen molar-refractivity contribution in [2.24, 2.45) is 0 Å². The molecule has 3 aromatic rings. The highest BCUT2D eigenvalue weighted by Crippen LogP contribution is 2.31. The number of rotatable bonds is 10. The summed E-state index contributed by atoms with van der Waals surface area (Å²) in [6.07, 6.45) is -0.00980. The number of aliphatic hydroxyl groups is 1. The molecule has 0 bridgehead atoms. The predicted octanol–water partition coefficient (Wildman–Crippen LogP) is 5.08. The van der Waals surface area contributed by atoms with Gasteiger partial charge in [0.2, 0.25) is 0 Å². The number of carbonyl (C=O) groups excluding carboxylic acids is 2. The number of ketones is 2. The smallest absolute Gasteiger partial charge is 0.181 e. The van der Waals surface area contributed by atoms with Gasteiger partial charge >= 0.3 is 0 Å². The molecule has 0 radical (unpaired) electrons. The van der Waals surface area contributed by atoms with Crippen LogP contribution in [0.5, 0.6) is 11.5 Å². The first kappa shape index (κ1) is 24.4. The van der Waals surface area contributed by atoms with E-state index in [9.17, 15) is 14.0 Å². The Hall–Kier alpha value is -3.29. The van der Waals surface area contributed by atoms with Gasteiger partial charge in [-0.3, -0.25) is 9.59 Å². The lowest BCUT2D eigenvalue weighted by atomic mass is 10.0. The third-order valence-electron chi connectivity index (χ3n) is 4.98. The molecule has 2 aromatic carbocycles. The third kappa shape index (κ3) is 5.94. The summed E-state index contributed by atoms with van der Waals surface area (Å²) >= 11 is 5.88. The highest BCUT2D eigenvalue weighted by Gasteiger charge is 2.17. The average molecular weight is 472 g/mol. The fourth-order valence-electron chi connectivity index (χ4n) is 3.26. The minimum Gasteiger partial charge on any atom is -0.494 e. The number of hydrogen-bond acceptors (Lipinski definition) is 6. The lowest BCUT2D eigenvalue weighted by molar-refractivity contribution is 0.0915. The number of ether oxygens (including phenoxy) is 2. The number of Topliss-reactive ketones (excluding diaryl/α,β-unsaturated/α-hetero) is 2. The number of pyridine rings is 1. The number of methoxy groups -OCH3 is 1. The molecule has 1 N–H and O–H groups in total. The van der Waals surface area contributed by atoms with E-state index >= 15 is 0 Å². The van der Waals surface area contributed by atoms with Crippen molar-refractivity contribution in [1.29, 1.82) is 0 Å². The average Bonchev–Trinajstić information content (AvgIpc) is 2.82. The molecule has 0 aliphatic carbocycles. The van der Waals surface area contributed by atoms with Crippen LogP contribution in [0.2, 0.25) is 5.02 Å². The molecule has 1 heterocycles. The minimum atomic E-state index is -0.562. The number of carbonyl (C=O) groups is 2. The van der Waals surface area contributed by atoms with Gasteiger partial charge in [0.25, 0.3) is 0 Å². The first-order valence-electron chi connectivity index (χ1n) is 10.2. The first-order valence-corrected chi connectivity index (χ1v) is 10.6. The zero-order chi connectivity index (χ0) is 24.0. The van der Waals surface area contributed by atoms with Gasteiger partial charge in [-0.25, -0.2) is 9.37 Å². The Balaban J connectivity index is 1.73. The lowest BCUT2D eigenvalue weighted by Crippen LogP contribution is -2.08. The third-order valence-corrected chi connectivity index (χ3v) is 5.27. The van der Waals surface area contributed by atoms with Gasteiger partial charge in [-0.1, -0.05) is 11.6 Å². The summed E-state index contributed by atoms with van der Waals surface area (Å²) in [6, 6.07) is 12.3. The number of halogens is 2. The number of benzene rings is 2. The number of aryl methyl sites for hydroxylation is 1. The molecule has 0 saturated carbocycles. The zero-order valence-corrected chi connectivity index (χ0v) is 19.0. The maximum absolute atomic E-state index is 13.5. The van der Waals surface area contributed by atoms with Crippen molar-refractivity contribution in [3.63, 3.8) is 0 Å². The summed E-state index contributed by atoms with van der Waals surface area (Å²) in [7, 11) is 1.47. The molecule has 8 heteroatoms. The van der Waals surface area contributed by atoms with Crippen molar-refractivity contribution in [3.05, 3.63) is 76.2 Å². The topological polar surface area (TPSA) is 85.7 Å². The van der Waals surface area contributed by atoms with E-state index in [-0.39, 0.29) is 48.3 Å². The van der Waals surface area contributed by atoms with Gasteiger partial charge in [0.05, 0.1) is 18.7 Å². The van der Waals surface area contributed by atoms with Crippen LogP contribution in [0.15, 0.2) is 48.5 Å². The van der Waals surface area contributed by atoms with Gasteiger partial charge in [-0.2, -0.15) is 0 Å². The maximum Gasteiger partial charge on any atom is 0.181 e. The SMILES string of the molecule is COc1ccc(C(=O)CCC(=O)c2ccc(OCCO)c(C)c2)nc1-c1ccc(F)c(Cl)c1. The molecule has 0 atom stereocenters. The summed E-state index contributed by atoms with van der Waals surface area (Å²) in [5.41, 5.74) is 2.26. The molecule has 33 heavy (non-hydrogen) atoms. The van der Waals surface area contributed by atoms with E-state index in [1.54, 1.807) is 31.2 Å². The van der Waals surface area contributed by atoms with Gasteiger partial charge in [-0.05, 0) is 61.0 Å². The minimum absolute atomic E-state index is 0.0144. The molecule has 0 aliphatic heterocycles. The van der Waals surface area contributed by atoms with Crippen molar-refractivity contribution < 1.29 is 28.6 Å². The lowest BCUT2D eigenvalue weighted by Gasteiger charge is -2.11. The zero-order valence-electron chi connectivity index (χ0n) is 18.2. The Bertz CT molecular complexity index is 1180. The molecule has 0 aliphatic rings. The van der Waals surface area contributed by atoms with Gasteiger partial charge in [0.1, 0.15) is 35.3 Å². The summed E-state index contributed by atoms with van der Waals surface area (Å²) < 4.78 is 24.2. The fraction of sp³-hybridized carbons (Fsp3) is 0.240. The van der Waals surface area contributed by atoms with Crippen molar-refractivity contribution in [2.45, 2.75) is 19.8 Å². The van der Waals surface area contributed by atoms with E-state index < -0.39 is 5.82 Å². The number of hydrogen-bond donors (Lipinski definition) is 1. The Morgan fingerprint density at radius 3 is 2.42 bits per heavy atom. The van der Waals surface area contributed by atoms with Crippen LogP contribution in [-0.2, 0) is 0 Å². The van der Waals surface area contributed by atoms with E-state index in [0.29, 0.717) is 28.3 Å². The normalized spacial score (nSPS) is 10.7. The Labute approximate surface area is 195 Å². The van der Waals surface area contributed by atoms with Gasteiger partial charge in [0.15, 0.2) is 11.6 Å². The van der Waals surface area contributed by atoms with Crippen LogP contribution in [0.3, 0.4) is 0 Å². The van der Waals surface area contributed by atoms with Crippen LogP contribution in [0.1, 0.15) is 39.3 Å². The van der Waals surface area contributed by atoms with Crippen LogP contribution in [0, 0.1) is 12.7 Å². The summed E-state index contributed by atoms with van der Waals surface area (Å²) in [6.45, 7) is 1.88. The largest absolute Gasteiger partial charge is 0.494 e. The van der Waals surface area contributed by atoms with Crippen LogP contribution >= 0.6 is 11.6 Å². The molecule has 0 unspecified atom stereocenters. The quantitative estimate of drug-likeness (QED) is 0.415. The highest BCUT2D eigenvalue weighted by atomic mass is 35.5. The van der Waals surface area contributed by atoms with E-state index in [2.05, 4.69) is 4.98 Å². The summed E-state index contributed by atoms with van der Waals surface area (Å²) in [5, 5.41) is 8.80. The molecular formula is C25H23ClFNO5. The van der Waals surface area contributed by atoms with E-state index in [0.717, 1.165) is 5.56 Å². The molecule has 0 spiro atoms. The fourth-order valence-corrected chi connectivity index (χ4v) is 3.44. The maximum atomic E-state index is 13.5. The summed E-state index contributed by atoms with van der Waals surface area (Å²) in [5.74, 6) is -0.0514. The van der Waals surface area contributed by atoms with Gasteiger partial charge in [-0.15, -0.1) is 0 Å². The number of nitrogens with zero attached hydrogens (tertiary/aromatic N) is 1. The molecule has 172 valence electrons. The molecule has 3 rings (SSSR count). The standard InChI is InChI=1S/C25H23ClFNO5/c1-15-13-16(4-9-23(15)33-12-11-29)21(30)7-8-22(31)20-6-10-24(32-2)25(28-20)17-3-5-19(27)18(26)14-17/h3-6,9-10,13-14,29H,7-8,11-12H2,1-2H3. The number of aliphatic hydroxyl groups excluding tert-OH is 1. The van der Waals surface area contributed by atoms with Crippen molar-refractivity contribution in [3.8, 4) is 22.8 Å². The second kappa shape index (κ2) is 11.0. The van der Waals surface area contributed by atoms with Gasteiger partial charge < -0.3 is 14.6 Å². The second-order valence-electron chi connectivity index (χ2n) is 7.27. The van der Waals surface area contributed by atoms with Crippen LogP contribution < -0.4 is 9.47 Å². The van der Waals surface area contributed by atoms with E-state index in [4.69, 9.17) is 26.2 Å². The first-order chi connectivity index (χ1) is 15.8. The molecule has 0 saturated heterocycles. The molecule has 0 amide bonds.